The maximum absolute atomic E-state index is 12.5. The Balaban J connectivity index is 1.85. The first-order valence-corrected chi connectivity index (χ1v) is 7.52. The average molecular weight is 301 g/mol. The number of benzene rings is 2. The molecule has 0 radical (unpaired) electrons. The number of ketones is 1. The maximum Gasteiger partial charge on any atom is 0.167 e. The summed E-state index contributed by atoms with van der Waals surface area (Å²) in [7, 11) is 0. The van der Waals surface area contributed by atoms with Crippen molar-refractivity contribution < 1.29 is 9.53 Å². The minimum atomic E-state index is -0.168. The maximum atomic E-state index is 12.5. The number of rotatable bonds is 3. The van der Waals surface area contributed by atoms with Crippen LogP contribution < -0.4 is 0 Å². The molecule has 1 aliphatic heterocycles. The number of carbonyl (C=O) groups is 1. The first kappa shape index (κ1) is 14.3. The smallest absolute Gasteiger partial charge is 0.167 e. The second-order valence-corrected chi connectivity index (χ2v) is 5.75. The molecule has 1 unspecified atom stereocenters. The fourth-order valence-corrected chi connectivity index (χ4v) is 3.02. The highest BCUT2D eigenvalue weighted by Crippen LogP contribution is 2.32. The number of Topliss-reactive ketones (excluding diaryl/α,β-unsaturated/α-hetero) is 1. The molecule has 21 heavy (non-hydrogen) atoms. The van der Waals surface area contributed by atoms with Crippen LogP contribution in [-0.4, -0.2) is 12.4 Å². The summed E-state index contributed by atoms with van der Waals surface area (Å²) in [5.74, 6) is 0.0328. The van der Waals surface area contributed by atoms with E-state index >= 15 is 0 Å². The standard InChI is InChI=1S/C18H17ClO2/c1-12-5-4-8-15(18(12)19)16(20)11-17-14-7-3-2-6-13(14)9-10-21-17/h2-8,17H,9-11H2,1H3. The molecule has 0 fully saturated rings. The van der Waals surface area contributed by atoms with Crippen molar-refractivity contribution in [2.45, 2.75) is 25.9 Å². The Bertz CT molecular complexity index is 679. The third-order valence-corrected chi connectivity index (χ3v) is 4.46. The summed E-state index contributed by atoms with van der Waals surface area (Å²) in [5.41, 5.74) is 3.91. The van der Waals surface area contributed by atoms with E-state index in [-0.39, 0.29) is 11.9 Å². The lowest BCUT2D eigenvalue weighted by atomic mass is 9.93. The predicted octanol–water partition coefficient (Wildman–Crippen LogP) is 4.54. The van der Waals surface area contributed by atoms with Crippen LogP contribution >= 0.6 is 11.6 Å². The number of aryl methyl sites for hydroxylation is 1. The lowest BCUT2D eigenvalue weighted by Gasteiger charge is -2.25. The molecule has 1 heterocycles. The lowest BCUT2D eigenvalue weighted by Crippen LogP contribution is -2.19. The van der Waals surface area contributed by atoms with Crippen molar-refractivity contribution in [2.24, 2.45) is 0 Å². The first-order valence-electron chi connectivity index (χ1n) is 7.14. The quantitative estimate of drug-likeness (QED) is 0.778. The summed E-state index contributed by atoms with van der Waals surface area (Å²) in [6.07, 6.45) is 1.07. The molecule has 2 aromatic rings. The van der Waals surface area contributed by atoms with E-state index in [4.69, 9.17) is 16.3 Å². The number of ether oxygens (including phenoxy) is 1. The monoisotopic (exact) mass is 300 g/mol. The summed E-state index contributed by atoms with van der Waals surface area (Å²) < 4.78 is 5.80. The highest BCUT2D eigenvalue weighted by molar-refractivity contribution is 6.34. The van der Waals surface area contributed by atoms with Crippen LogP contribution in [0.3, 0.4) is 0 Å². The molecule has 108 valence electrons. The summed E-state index contributed by atoms with van der Waals surface area (Å²) in [6, 6.07) is 13.7. The largest absolute Gasteiger partial charge is 0.373 e. The van der Waals surface area contributed by atoms with Gasteiger partial charge < -0.3 is 4.74 Å². The van der Waals surface area contributed by atoms with Gasteiger partial charge in [-0.15, -0.1) is 0 Å². The van der Waals surface area contributed by atoms with Gasteiger partial charge in [-0.25, -0.2) is 0 Å². The molecule has 1 aliphatic rings. The lowest BCUT2D eigenvalue weighted by molar-refractivity contribution is 0.0352. The van der Waals surface area contributed by atoms with Gasteiger partial charge in [-0.2, -0.15) is 0 Å². The van der Waals surface area contributed by atoms with Crippen molar-refractivity contribution in [2.75, 3.05) is 6.61 Å². The van der Waals surface area contributed by atoms with E-state index in [2.05, 4.69) is 6.07 Å². The number of hydrogen-bond acceptors (Lipinski definition) is 2. The zero-order valence-electron chi connectivity index (χ0n) is 11.9. The molecule has 2 nitrogen and oxygen atoms in total. The van der Waals surface area contributed by atoms with Crippen molar-refractivity contribution in [3.05, 3.63) is 69.7 Å². The Hall–Kier alpha value is -1.64. The van der Waals surface area contributed by atoms with Gasteiger partial charge in [0.05, 0.1) is 17.7 Å². The van der Waals surface area contributed by atoms with E-state index in [1.807, 2.05) is 37.3 Å². The Morgan fingerprint density at radius 3 is 2.90 bits per heavy atom. The molecule has 0 aromatic heterocycles. The van der Waals surface area contributed by atoms with Crippen LogP contribution in [0.15, 0.2) is 42.5 Å². The SMILES string of the molecule is Cc1cccc(C(=O)CC2OCCc3ccccc32)c1Cl. The first-order chi connectivity index (χ1) is 10.2. The molecule has 0 saturated carbocycles. The normalized spacial score (nSPS) is 17.3. The molecule has 0 saturated heterocycles. The van der Waals surface area contributed by atoms with Crippen molar-refractivity contribution in [1.29, 1.82) is 0 Å². The van der Waals surface area contributed by atoms with Gasteiger partial charge in [0.2, 0.25) is 0 Å². The van der Waals surface area contributed by atoms with Crippen LogP contribution in [0, 0.1) is 6.92 Å². The summed E-state index contributed by atoms with van der Waals surface area (Å²) in [4.78, 5) is 12.5. The Labute approximate surface area is 129 Å². The topological polar surface area (TPSA) is 26.3 Å². The zero-order valence-corrected chi connectivity index (χ0v) is 12.7. The van der Waals surface area contributed by atoms with Gasteiger partial charge in [-0.05, 0) is 36.1 Å². The van der Waals surface area contributed by atoms with Crippen LogP contribution in [0.25, 0.3) is 0 Å². The molecule has 0 aliphatic carbocycles. The molecule has 3 rings (SSSR count). The molecular formula is C18H17ClO2. The summed E-state index contributed by atoms with van der Waals surface area (Å²) in [6.45, 7) is 2.57. The third kappa shape index (κ3) is 2.87. The second kappa shape index (κ2) is 6.00. The molecule has 2 aromatic carbocycles. The van der Waals surface area contributed by atoms with Crippen molar-refractivity contribution in [3.8, 4) is 0 Å². The minimum Gasteiger partial charge on any atom is -0.373 e. The van der Waals surface area contributed by atoms with Gasteiger partial charge >= 0.3 is 0 Å². The minimum absolute atomic E-state index is 0.0328. The Morgan fingerprint density at radius 1 is 1.24 bits per heavy atom. The zero-order chi connectivity index (χ0) is 14.8. The van der Waals surface area contributed by atoms with E-state index in [0.717, 1.165) is 17.5 Å². The van der Waals surface area contributed by atoms with E-state index in [9.17, 15) is 4.79 Å². The van der Waals surface area contributed by atoms with Crippen LogP contribution in [0.1, 0.15) is 39.6 Å². The molecular weight excluding hydrogens is 284 g/mol. The van der Waals surface area contributed by atoms with Crippen molar-refractivity contribution in [3.63, 3.8) is 0 Å². The van der Waals surface area contributed by atoms with E-state index < -0.39 is 0 Å². The van der Waals surface area contributed by atoms with Gasteiger partial charge in [0.15, 0.2) is 5.78 Å². The van der Waals surface area contributed by atoms with Gasteiger partial charge in [0, 0.05) is 12.0 Å². The van der Waals surface area contributed by atoms with Gasteiger partial charge in [0.1, 0.15) is 0 Å². The van der Waals surface area contributed by atoms with E-state index in [1.165, 1.54) is 5.56 Å². The van der Waals surface area contributed by atoms with Crippen LogP contribution in [0.5, 0.6) is 0 Å². The molecule has 0 spiro atoms. The Morgan fingerprint density at radius 2 is 2.05 bits per heavy atom. The Kier molecular flexibility index (Phi) is 4.09. The predicted molar refractivity (Wildman–Crippen MR) is 84.0 cm³/mol. The highest BCUT2D eigenvalue weighted by Gasteiger charge is 2.24. The van der Waals surface area contributed by atoms with Crippen LogP contribution in [0.4, 0.5) is 0 Å². The number of halogens is 1. The summed E-state index contributed by atoms with van der Waals surface area (Å²) in [5, 5.41) is 0.548. The molecule has 0 bridgehead atoms. The van der Waals surface area contributed by atoms with E-state index in [1.54, 1.807) is 6.07 Å². The average Bonchev–Trinajstić information content (AvgIpc) is 2.50. The number of carbonyl (C=O) groups excluding carboxylic acids is 1. The third-order valence-electron chi connectivity index (χ3n) is 3.96. The molecule has 0 N–H and O–H groups in total. The summed E-state index contributed by atoms with van der Waals surface area (Å²) >= 11 is 6.24. The van der Waals surface area contributed by atoms with Gasteiger partial charge in [-0.1, -0.05) is 48.0 Å². The molecule has 1 atom stereocenters. The fourth-order valence-electron chi connectivity index (χ4n) is 2.79. The fraction of sp³-hybridized carbons (Fsp3) is 0.278. The second-order valence-electron chi connectivity index (χ2n) is 5.37. The van der Waals surface area contributed by atoms with Crippen LogP contribution in [0.2, 0.25) is 5.02 Å². The van der Waals surface area contributed by atoms with Crippen molar-refractivity contribution in [1.82, 2.24) is 0 Å². The van der Waals surface area contributed by atoms with E-state index in [0.29, 0.717) is 23.6 Å². The number of hydrogen-bond donors (Lipinski definition) is 0. The number of fused-ring (bicyclic) bond motifs is 1. The highest BCUT2D eigenvalue weighted by atomic mass is 35.5. The molecule has 0 amide bonds. The molecule has 3 heteroatoms. The van der Waals surface area contributed by atoms with Crippen LogP contribution in [-0.2, 0) is 11.2 Å². The van der Waals surface area contributed by atoms with Gasteiger partial charge in [0.25, 0.3) is 0 Å². The van der Waals surface area contributed by atoms with Gasteiger partial charge in [-0.3, -0.25) is 4.79 Å². The van der Waals surface area contributed by atoms with Crippen molar-refractivity contribution >= 4 is 17.4 Å².